The van der Waals surface area contributed by atoms with Crippen molar-refractivity contribution >= 4 is 45.0 Å². The molecule has 1 atom stereocenters. The lowest BCUT2D eigenvalue weighted by molar-refractivity contribution is -0.119. The van der Waals surface area contributed by atoms with Crippen LogP contribution in [0.1, 0.15) is 0 Å². The summed E-state index contributed by atoms with van der Waals surface area (Å²) in [6, 6.07) is 5.94. The third kappa shape index (κ3) is 4.43. The summed E-state index contributed by atoms with van der Waals surface area (Å²) in [7, 11) is -3.72. The van der Waals surface area contributed by atoms with Crippen LogP contribution in [0.5, 0.6) is 0 Å². The molecule has 2 aromatic rings. The lowest BCUT2D eigenvalue weighted by Gasteiger charge is -2.14. The monoisotopic (exact) mass is 344 g/mol. The third-order valence-corrected chi connectivity index (χ3v) is 3.65. The number of amides is 1. The van der Waals surface area contributed by atoms with Crippen molar-refractivity contribution in [3.8, 4) is 0 Å². The molecule has 1 heterocycles. The van der Waals surface area contributed by atoms with E-state index in [1.165, 1.54) is 0 Å². The van der Waals surface area contributed by atoms with E-state index in [9.17, 15) is 18.1 Å². The van der Waals surface area contributed by atoms with Crippen molar-refractivity contribution in [2.24, 2.45) is 4.58 Å². The van der Waals surface area contributed by atoms with E-state index in [0.29, 0.717) is 23.0 Å². The van der Waals surface area contributed by atoms with Gasteiger partial charge in [0.25, 0.3) is 11.9 Å². The molecule has 0 aliphatic carbocycles. The Morgan fingerprint density at radius 1 is 1.45 bits per heavy atom. The summed E-state index contributed by atoms with van der Waals surface area (Å²) in [4.78, 5) is 26.2. The Hall–Kier alpha value is -2.14. The minimum absolute atomic E-state index is 0.0429. The van der Waals surface area contributed by atoms with Gasteiger partial charge in [-0.25, -0.2) is 8.42 Å². The smallest absolute Gasteiger partial charge is 0.296 e. The molecule has 1 amide bonds. The molecule has 118 valence electrons. The van der Waals surface area contributed by atoms with Gasteiger partial charge in [0.2, 0.25) is 10.0 Å². The Labute approximate surface area is 130 Å². The Kier molecular flexibility index (Phi) is 4.98. The molecule has 2 N–H and O–H groups in total. The van der Waals surface area contributed by atoms with E-state index in [-0.39, 0.29) is 11.8 Å². The summed E-state index contributed by atoms with van der Waals surface area (Å²) in [6.07, 6.45) is 0.854. The van der Waals surface area contributed by atoms with E-state index in [2.05, 4.69) is 14.9 Å². The normalized spacial score (nSPS) is 12.8. The Bertz CT molecular complexity index is 756. The first-order valence-electron chi connectivity index (χ1n) is 5.97. The summed E-state index contributed by atoms with van der Waals surface area (Å²) in [5.41, 5.74) is 1.09. The molecule has 0 unspecified atom stereocenters. The van der Waals surface area contributed by atoms with E-state index in [1.54, 1.807) is 24.3 Å². The first-order valence-corrected chi connectivity index (χ1v) is 8.81. The highest BCUT2D eigenvalue weighted by Crippen LogP contribution is 2.19. The van der Waals surface area contributed by atoms with Gasteiger partial charge in [0.05, 0.1) is 6.26 Å². The van der Waals surface area contributed by atoms with Gasteiger partial charge in [-0.2, -0.15) is 4.98 Å². The van der Waals surface area contributed by atoms with Crippen molar-refractivity contribution in [2.45, 2.75) is 6.04 Å². The number of para-hydroxylation sites is 2. The Morgan fingerprint density at radius 2 is 2.18 bits per heavy atom. The molecular formula is C11H12N4O5S2. The molecule has 1 aromatic heterocycles. The first-order chi connectivity index (χ1) is 10.4. The lowest BCUT2D eigenvalue weighted by Crippen LogP contribution is -2.43. The van der Waals surface area contributed by atoms with Crippen LogP contribution in [0.2, 0.25) is 0 Å². The molecule has 1 aromatic carbocycles. The van der Waals surface area contributed by atoms with Crippen LogP contribution in [0.25, 0.3) is 11.1 Å². The van der Waals surface area contributed by atoms with Gasteiger partial charge in [-0.15, -0.1) is 4.91 Å². The van der Waals surface area contributed by atoms with Gasteiger partial charge in [-0.3, -0.25) is 9.52 Å². The fourth-order valence-corrected chi connectivity index (χ4v) is 2.58. The van der Waals surface area contributed by atoms with E-state index < -0.39 is 22.0 Å². The van der Waals surface area contributed by atoms with Crippen LogP contribution in [0, 0.1) is 4.91 Å². The van der Waals surface area contributed by atoms with E-state index in [0.717, 1.165) is 6.26 Å². The highest BCUT2D eigenvalue weighted by molar-refractivity contribution is 7.98. The maximum absolute atomic E-state index is 11.9. The molecule has 0 aliphatic heterocycles. The number of nitrogens with one attached hydrogen (secondary N) is 2. The number of benzene rings is 1. The second-order valence-corrected chi connectivity index (χ2v) is 6.78. The number of hydrogen-bond acceptors (Lipinski definition) is 9. The second kappa shape index (κ2) is 6.75. The number of nitrogens with zero attached hydrogens (tertiary/aromatic N) is 2. The van der Waals surface area contributed by atoms with Crippen molar-refractivity contribution < 1.29 is 17.6 Å². The molecule has 9 nitrogen and oxygen atoms in total. The number of sulfonamides is 1. The number of fused-ring (bicyclic) bond motifs is 1. The fourth-order valence-electron chi connectivity index (χ4n) is 1.62. The molecule has 2 rings (SSSR count). The van der Waals surface area contributed by atoms with Gasteiger partial charge in [0.1, 0.15) is 11.6 Å². The maximum atomic E-state index is 11.9. The number of rotatable bonds is 7. The van der Waals surface area contributed by atoms with Gasteiger partial charge < -0.3 is 9.73 Å². The number of anilines is 1. The quantitative estimate of drug-likeness (QED) is 0.564. The van der Waals surface area contributed by atoms with Crippen molar-refractivity contribution in [3.63, 3.8) is 0 Å². The Balaban J connectivity index is 2.17. The van der Waals surface area contributed by atoms with Crippen LogP contribution in [0.3, 0.4) is 0 Å². The molecule has 0 radical (unpaired) electrons. The predicted molar refractivity (Wildman–Crippen MR) is 82.7 cm³/mol. The van der Waals surface area contributed by atoms with Gasteiger partial charge in [0, 0.05) is 22.3 Å². The van der Waals surface area contributed by atoms with Crippen LogP contribution in [0.15, 0.2) is 33.3 Å². The molecule has 0 fully saturated rings. The molecule has 0 saturated carbocycles. The van der Waals surface area contributed by atoms with Gasteiger partial charge in [0.15, 0.2) is 5.58 Å². The van der Waals surface area contributed by atoms with Crippen LogP contribution >= 0.6 is 11.9 Å². The summed E-state index contributed by atoms with van der Waals surface area (Å²) in [6.45, 7) is 0. The lowest BCUT2D eigenvalue weighted by atomic mass is 10.3. The van der Waals surface area contributed by atoms with Gasteiger partial charge in [-0.05, 0) is 12.1 Å². The zero-order chi connectivity index (χ0) is 16.2. The van der Waals surface area contributed by atoms with Crippen molar-refractivity contribution in [1.29, 1.82) is 0 Å². The number of carbonyl (C=O) groups excluding carboxylic acids is 1. The van der Waals surface area contributed by atoms with Crippen LogP contribution in [-0.4, -0.2) is 37.4 Å². The minimum Gasteiger partial charge on any atom is -0.424 e. The summed E-state index contributed by atoms with van der Waals surface area (Å²) in [5.74, 6) is -0.912. The number of carbonyl (C=O) groups is 1. The van der Waals surface area contributed by atoms with Crippen LogP contribution in [-0.2, 0) is 14.8 Å². The van der Waals surface area contributed by atoms with Gasteiger partial charge >= 0.3 is 0 Å². The summed E-state index contributed by atoms with van der Waals surface area (Å²) in [5, 5.41) is 2.65. The highest BCUT2D eigenvalue weighted by Gasteiger charge is 2.23. The molecule has 22 heavy (non-hydrogen) atoms. The topological polar surface area (TPSA) is 131 Å². The molecule has 11 heteroatoms. The maximum Gasteiger partial charge on any atom is 0.296 e. The summed E-state index contributed by atoms with van der Waals surface area (Å²) < 4.78 is 32.0. The fraction of sp³-hybridized carbons (Fsp3) is 0.273. The number of aromatic nitrogens is 1. The van der Waals surface area contributed by atoms with Crippen molar-refractivity contribution in [1.82, 2.24) is 9.71 Å². The van der Waals surface area contributed by atoms with Crippen molar-refractivity contribution in [2.75, 3.05) is 17.3 Å². The molecule has 0 spiro atoms. The number of hydrogen-bond donors (Lipinski definition) is 2. The standard InChI is InChI=1S/C11H12N4O5S2/c1-22(18,19)14-10(16)8(6-21-15-17)13-11-12-7-4-2-3-5-9(7)20-11/h2-5,8H,6H2,1H3,(H,12,13)(H,14,16)/t8-/m0/s1. The average molecular weight is 344 g/mol. The molecule has 0 saturated heterocycles. The Morgan fingerprint density at radius 3 is 2.82 bits per heavy atom. The van der Waals surface area contributed by atoms with E-state index >= 15 is 0 Å². The second-order valence-electron chi connectivity index (χ2n) is 4.29. The first kappa shape index (κ1) is 16.2. The predicted octanol–water partition coefficient (Wildman–Crippen LogP) is 1.10. The van der Waals surface area contributed by atoms with E-state index in [4.69, 9.17) is 4.42 Å². The number of oxazole rings is 1. The van der Waals surface area contributed by atoms with E-state index in [1.807, 2.05) is 4.72 Å². The van der Waals surface area contributed by atoms with Crippen LogP contribution < -0.4 is 10.0 Å². The average Bonchev–Trinajstić information content (AvgIpc) is 2.83. The largest absolute Gasteiger partial charge is 0.424 e. The third-order valence-electron chi connectivity index (χ3n) is 2.49. The number of nitroso groups, excluding NO2 is 1. The SMILES string of the molecule is CS(=O)(=O)NC(=O)[C@H](CSN=O)Nc1nc2ccccc2o1. The molecule has 0 aliphatic rings. The highest BCUT2D eigenvalue weighted by atomic mass is 32.2. The molecule has 0 bridgehead atoms. The van der Waals surface area contributed by atoms with Gasteiger partial charge in [-0.1, -0.05) is 12.1 Å². The zero-order valence-corrected chi connectivity index (χ0v) is 13.0. The van der Waals surface area contributed by atoms with Crippen LogP contribution in [0.4, 0.5) is 6.01 Å². The zero-order valence-electron chi connectivity index (χ0n) is 11.3. The van der Waals surface area contributed by atoms with Crippen molar-refractivity contribution in [3.05, 3.63) is 29.2 Å². The minimum atomic E-state index is -3.72. The summed E-state index contributed by atoms with van der Waals surface area (Å²) >= 11 is 0.579. The molecular weight excluding hydrogens is 332 g/mol.